The van der Waals surface area contributed by atoms with Crippen molar-refractivity contribution in [2.24, 2.45) is 0 Å². The highest BCUT2D eigenvalue weighted by atomic mass is 79.9. The molecule has 106 valence electrons. The summed E-state index contributed by atoms with van der Waals surface area (Å²) < 4.78 is 66.1. The first kappa shape index (κ1) is 15.7. The first-order valence-electron chi connectivity index (χ1n) is 4.67. The zero-order valence-corrected chi connectivity index (χ0v) is 10.6. The summed E-state index contributed by atoms with van der Waals surface area (Å²) in [4.78, 5) is 10.6. The van der Waals surface area contributed by atoms with Gasteiger partial charge in [-0.2, -0.15) is 8.78 Å². The van der Waals surface area contributed by atoms with Crippen molar-refractivity contribution in [1.29, 1.82) is 0 Å². The van der Waals surface area contributed by atoms with Crippen LogP contribution in [-0.2, 0) is 0 Å². The van der Waals surface area contributed by atoms with Gasteiger partial charge in [-0.05, 0) is 28.1 Å². The van der Waals surface area contributed by atoms with E-state index in [2.05, 4.69) is 20.7 Å². The molecule has 0 saturated carbocycles. The van der Waals surface area contributed by atoms with Crippen LogP contribution < -0.4 is 4.74 Å². The number of carboxylic acid groups (broad SMARTS) is 1. The Morgan fingerprint density at radius 2 is 2.00 bits per heavy atom. The van der Waals surface area contributed by atoms with Crippen molar-refractivity contribution in [2.45, 2.75) is 12.3 Å². The second-order valence-corrected chi connectivity index (χ2v) is 4.19. The van der Waals surface area contributed by atoms with Crippen LogP contribution in [0.15, 0.2) is 16.6 Å². The molecule has 1 aromatic rings. The lowest BCUT2D eigenvalue weighted by atomic mass is 10.2. The van der Waals surface area contributed by atoms with E-state index in [1.807, 2.05) is 0 Å². The van der Waals surface area contributed by atoms with Gasteiger partial charge in [-0.25, -0.2) is 18.0 Å². The average molecular weight is 349 g/mol. The van der Waals surface area contributed by atoms with E-state index in [9.17, 15) is 26.7 Å². The van der Waals surface area contributed by atoms with Crippen LogP contribution in [-0.4, -0.2) is 30.0 Å². The van der Waals surface area contributed by atoms with Crippen LogP contribution in [0, 0.1) is 5.82 Å². The maximum atomic E-state index is 13.5. The Morgan fingerprint density at radius 3 is 2.47 bits per heavy atom. The van der Waals surface area contributed by atoms with Crippen LogP contribution in [0.4, 0.5) is 22.0 Å². The second kappa shape index (κ2) is 5.72. The van der Waals surface area contributed by atoms with Gasteiger partial charge in [0.05, 0.1) is 10.0 Å². The number of carbonyl (C=O) groups is 1. The van der Waals surface area contributed by atoms with Crippen LogP contribution in [0.3, 0.4) is 0 Å². The van der Waals surface area contributed by atoms with Gasteiger partial charge in [0, 0.05) is 0 Å². The highest BCUT2D eigenvalue weighted by molar-refractivity contribution is 9.10. The molecule has 0 heterocycles. The summed E-state index contributed by atoms with van der Waals surface area (Å²) in [6.07, 6.45) is -3.95. The maximum absolute atomic E-state index is 13.5. The lowest BCUT2D eigenvalue weighted by molar-refractivity contribution is -0.148. The number of hydrogen-bond acceptors (Lipinski definition) is 2. The molecular weight excluding hydrogens is 343 g/mol. The second-order valence-electron chi connectivity index (χ2n) is 3.39. The molecule has 0 fully saturated rings. The summed E-state index contributed by atoms with van der Waals surface area (Å²) in [5.74, 6) is -7.89. The Balaban J connectivity index is 2.93. The molecule has 0 bridgehead atoms. The van der Waals surface area contributed by atoms with Gasteiger partial charge in [0.15, 0.2) is 18.2 Å². The number of alkyl halides is 4. The molecule has 1 aromatic carbocycles. The van der Waals surface area contributed by atoms with Crippen LogP contribution in [0.2, 0.25) is 0 Å². The largest absolute Gasteiger partial charge is 0.484 e. The van der Waals surface area contributed by atoms with Crippen molar-refractivity contribution >= 4 is 21.9 Å². The molecule has 1 rings (SSSR count). The normalized spacial score (nSPS) is 11.7. The lowest BCUT2D eigenvalue weighted by Crippen LogP contribution is -2.33. The number of halogens is 6. The summed E-state index contributed by atoms with van der Waals surface area (Å²) in [6.45, 7) is -1.72. The SMILES string of the molecule is O=C(O)c1ccc(OCC(F)(F)C(F)F)c(F)c1Br. The fraction of sp³-hybridized carbons (Fsp3) is 0.300. The molecule has 0 radical (unpaired) electrons. The summed E-state index contributed by atoms with van der Waals surface area (Å²) in [5.41, 5.74) is -0.453. The van der Waals surface area contributed by atoms with Crippen LogP contribution in [0.1, 0.15) is 10.4 Å². The lowest BCUT2D eigenvalue weighted by Gasteiger charge is -2.16. The van der Waals surface area contributed by atoms with E-state index in [4.69, 9.17) is 5.11 Å². The van der Waals surface area contributed by atoms with E-state index in [0.717, 1.165) is 12.1 Å². The zero-order valence-electron chi connectivity index (χ0n) is 8.97. The molecule has 19 heavy (non-hydrogen) atoms. The van der Waals surface area contributed by atoms with Gasteiger partial charge in [-0.3, -0.25) is 0 Å². The molecule has 0 aliphatic rings. The number of rotatable bonds is 5. The molecule has 0 spiro atoms. The third-order valence-electron chi connectivity index (χ3n) is 2.02. The molecule has 0 aromatic heterocycles. The minimum absolute atomic E-state index is 0.453. The Labute approximate surface area is 112 Å². The monoisotopic (exact) mass is 348 g/mol. The molecule has 1 N–H and O–H groups in total. The smallest absolute Gasteiger partial charge is 0.340 e. The minimum Gasteiger partial charge on any atom is -0.484 e. The highest BCUT2D eigenvalue weighted by Crippen LogP contribution is 2.30. The Kier molecular flexibility index (Phi) is 4.72. The number of benzene rings is 1. The summed E-state index contributed by atoms with van der Waals surface area (Å²) in [5, 5.41) is 8.66. The summed E-state index contributed by atoms with van der Waals surface area (Å²) in [7, 11) is 0. The van der Waals surface area contributed by atoms with E-state index >= 15 is 0 Å². The van der Waals surface area contributed by atoms with Gasteiger partial charge in [0.2, 0.25) is 0 Å². The third kappa shape index (κ3) is 3.55. The van der Waals surface area contributed by atoms with Gasteiger partial charge < -0.3 is 9.84 Å². The van der Waals surface area contributed by atoms with E-state index in [0.29, 0.717) is 0 Å². The predicted molar refractivity (Wildman–Crippen MR) is 57.5 cm³/mol. The maximum Gasteiger partial charge on any atom is 0.340 e. The first-order chi connectivity index (χ1) is 8.66. The highest BCUT2D eigenvalue weighted by Gasteiger charge is 2.42. The van der Waals surface area contributed by atoms with Gasteiger partial charge in [-0.1, -0.05) is 0 Å². The molecule has 0 unspecified atom stereocenters. The molecule has 0 aliphatic carbocycles. The van der Waals surface area contributed by atoms with Gasteiger partial charge >= 0.3 is 18.3 Å². The molecule has 9 heteroatoms. The summed E-state index contributed by atoms with van der Waals surface area (Å²) in [6, 6.07) is 1.66. The van der Waals surface area contributed by atoms with E-state index in [1.165, 1.54) is 0 Å². The van der Waals surface area contributed by atoms with Crippen molar-refractivity contribution in [3.8, 4) is 5.75 Å². The molecular formula is C10H6BrF5O3. The molecule has 0 amide bonds. The van der Waals surface area contributed by atoms with E-state index in [1.54, 1.807) is 0 Å². The Hall–Kier alpha value is -1.38. The van der Waals surface area contributed by atoms with Crippen molar-refractivity contribution in [2.75, 3.05) is 6.61 Å². The molecule has 3 nitrogen and oxygen atoms in total. The fourth-order valence-electron chi connectivity index (χ4n) is 1.05. The van der Waals surface area contributed by atoms with Crippen LogP contribution in [0.25, 0.3) is 0 Å². The Morgan fingerprint density at radius 1 is 1.42 bits per heavy atom. The standard InChI is InChI=1S/C10H6BrF5O3/c11-6-4(8(17)18)1-2-5(7(6)12)19-3-10(15,16)9(13)14/h1-2,9H,3H2,(H,17,18). The topological polar surface area (TPSA) is 46.5 Å². The number of hydrogen-bond donors (Lipinski definition) is 1. The van der Waals surface area contributed by atoms with Crippen LogP contribution in [0.5, 0.6) is 5.75 Å². The summed E-state index contributed by atoms with van der Waals surface area (Å²) >= 11 is 2.61. The van der Waals surface area contributed by atoms with Gasteiger partial charge in [0.1, 0.15) is 0 Å². The zero-order chi connectivity index (χ0) is 14.8. The molecule has 0 atom stereocenters. The van der Waals surface area contributed by atoms with Gasteiger partial charge in [0.25, 0.3) is 0 Å². The quantitative estimate of drug-likeness (QED) is 0.827. The first-order valence-corrected chi connectivity index (χ1v) is 5.46. The number of ether oxygens (including phenoxy) is 1. The minimum atomic E-state index is -4.43. The fourth-order valence-corrected chi connectivity index (χ4v) is 1.54. The van der Waals surface area contributed by atoms with Crippen molar-refractivity contribution in [3.63, 3.8) is 0 Å². The number of aromatic carboxylic acids is 1. The molecule has 0 aliphatic heterocycles. The average Bonchev–Trinajstić information content (AvgIpc) is 2.30. The van der Waals surface area contributed by atoms with Crippen molar-refractivity contribution in [3.05, 3.63) is 28.0 Å². The van der Waals surface area contributed by atoms with E-state index in [-0.39, 0.29) is 0 Å². The van der Waals surface area contributed by atoms with Gasteiger partial charge in [-0.15, -0.1) is 0 Å². The number of carboxylic acids is 1. The predicted octanol–water partition coefficient (Wildman–Crippen LogP) is 3.57. The van der Waals surface area contributed by atoms with E-state index < -0.39 is 46.5 Å². The van der Waals surface area contributed by atoms with Crippen molar-refractivity contribution in [1.82, 2.24) is 0 Å². The van der Waals surface area contributed by atoms with Crippen molar-refractivity contribution < 1.29 is 36.6 Å². The Bertz CT molecular complexity index is 492. The third-order valence-corrected chi connectivity index (χ3v) is 2.79. The van der Waals surface area contributed by atoms with Crippen LogP contribution >= 0.6 is 15.9 Å². The molecule has 0 saturated heterocycles.